The monoisotopic (exact) mass is 287 g/mol. The molecule has 2 aromatic rings. The van der Waals surface area contributed by atoms with E-state index in [9.17, 15) is 4.79 Å². The van der Waals surface area contributed by atoms with Gasteiger partial charge < -0.3 is 0 Å². The van der Waals surface area contributed by atoms with Crippen molar-refractivity contribution >= 4 is 10.7 Å². The summed E-state index contributed by atoms with van der Waals surface area (Å²) in [5, 5.41) is 8.78. The van der Waals surface area contributed by atoms with Gasteiger partial charge in [-0.25, -0.2) is 0 Å². The number of benzene rings is 2. The Kier molecular flexibility index (Phi) is 3.86. The molecule has 0 aliphatic heterocycles. The summed E-state index contributed by atoms with van der Waals surface area (Å²) in [6.07, 6.45) is 0. The minimum absolute atomic E-state index is 0.361. The molecule has 0 spiro atoms. The zero-order valence-corrected chi connectivity index (χ0v) is 11.5. The number of carboxylic acids is 1. The van der Waals surface area contributed by atoms with E-state index in [4.69, 9.17) is 5.11 Å². The molecule has 0 aliphatic carbocycles. The van der Waals surface area contributed by atoms with Gasteiger partial charge >= 0.3 is 110 Å². The molecule has 0 amide bonds. The van der Waals surface area contributed by atoms with Crippen LogP contribution in [0.1, 0.15) is 10.4 Å². The van der Waals surface area contributed by atoms with Crippen LogP contribution in [-0.2, 0) is 29.2 Å². The van der Waals surface area contributed by atoms with Gasteiger partial charge in [-0.3, -0.25) is 0 Å². The summed E-state index contributed by atoms with van der Waals surface area (Å²) in [6.45, 7) is 0. The van der Waals surface area contributed by atoms with E-state index >= 15 is 0 Å². The third-order valence-corrected chi connectivity index (χ3v) is 5.82. The van der Waals surface area contributed by atoms with Gasteiger partial charge in [0.25, 0.3) is 0 Å². The van der Waals surface area contributed by atoms with Crippen molar-refractivity contribution in [2.45, 2.75) is 0 Å². The first-order valence-corrected chi connectivity index (χ1v) is 7.83. The third-order valence-electron chi connectivity index (χ3n) is 2.29. The van der Waals surface area contributed by atoms with Crippen LogP contribution in [0.3, 0.4) is 0 Å². The molecule has 0 unspecified atom stereocenters. The van der Waals surface area contributed by atoms with Crippen LogP contribution in [0.15, 0.2) is 54.6 Å². The van der Waals surface area contributed by atoms with E-state index in [0.717, 1.165) is 0 Å². The quantitative estimate of drug-likeness (QED) is 0.927. The predicted octanol–water partition coefficient (Wildman–Crippen LogP) is 1.42. The Morgan fingerprint density at radius 1 is 0.875 bits per heavy atom. The summed E-state index contributed by atoms with van der Waals surface area (Å²) in [4.78, 5) is 10.7. The Hall–Kier alpha value is -0.986. The van der Waals surface area contributed by atoms with E-state index < -0.39 is 35.2 Å². The number of carboxylic acid groups (broad SMARTS) is 1. The first kappa shape index (κ1) is 11.5. The molecule has 2 aromatic carbocycles. The molecule has 0 saturated heterocycles. The topological polar surface area (TPSA) is 37.3 Å². The summed E-state index contributed by atoms with van der Waals surface area (Å²) in [5.74, 6) is -0.862. The summed E-state index contributed by atoms with van der Waals surface area (Å²) >= 11 is -0.947. The van der Waals surface area contributed by atoms with E-state index in [-0.39, 0.29) is 0 Å². The number of hydrogen-bond acceptors (Lipinski definition) is 1. The van der Waals surface area contributed by atoms with Crippen molar-refractivity contribution in [1.82, 2.24) is 0 Å². The SMILES string of the molecule is O=C(O)c1cc[c]([Y][c]2ccccc2)cc1. The summed E-state index contributed by atoms with van der Waals surface area (Å²) in [6, 6.07) is 17.7. The molecule has 0 heterocycles. The van der Waals surface area contributed by atoms with Crippen molar-refractivity contribution < 1.29 is 39.1 Å². The Labute approximate surface area is 109 Å². The van der Waals surface area contributed by atoms with E-state index in [1.807, 2.05) is 30.3 Å². The molecule has 0 radical (unpaired) electrons. The van der Waals surface area contributed by atoms with Gasteiger partial charge in [-0.2, -0.15) is 0 Å². The second-order valence-corrected chi connectivity index (χ2v) is 7.47. The maximum atomic E-state index is 10.7. The molecule has 3 heteroatoms. The fraction of sp³-hybridized carbons (Fsp3) is 0. The fourth-order valence-corrected chi connectivity index (χ4v) is 4.38. The third kappa shape index (κ3) is 3.00. The second-order valence-electron chi connectivity index (χ2n) is 3.48. The zero-order chi connectivity index (χ0) is 11.4. The average Bonchev–Trinajstić information content (AvgIpc) is 2.31. The molecule has 0 aliphatic rings. The van der Waals surface area contributed by atoms with Gasteiger partial charge in [-0.15, -0.1) is 0 Å². The molecule has 2 nitrogen and oxygen atoms in total. The van der Waals surface area contributed by atoms with Gasteiger partial charge in [-0.05, 0) is 0 Å². The Morgan fingerprint density at radius 3 is 2.00 bits per heavy atom. The van der Waals surface area contributed by atoms with Crippen LogP contribution >= 0.6 is 0 Å². The minimum atomic E-state index is -0.947. The van der Waals surface area contributed by atoms with Crippen LogP contribution in [0.2, 0.25) is 0 Å². The number of aromatic carboxylic acids is 1. The zero-order valence-electron chi connectivity index (χ0n) is 8.63. The molecule has 0 saturated carbocycles. The summed E-state index contributed by atoms with van der Waals surface area (Å²) < 4.78 is 2.73. The second kappa shape index (κ2) is 5.37. The molecule has 0 atom stereocenters. The van der Waals surface area contributed by atoms with Gasteiger partial charge in [0.1, 0.15) is 0 Å². The van der Waals surface area contributed by atoms with Crippen molar-refractivity contribution in [3.05, 3.63) is 60.2 Å². The standard InChI is InChI=1S/C7H5O2.C6H5.Y/c8-7(9)6-4-2-1-3-5-6;1-2-4-6-5-3-1;/h2-5H,(H,8,9);1-5H;. The Morgan fingerprint density at radius 2 is 1.44 bits per heavy atom. The van der Waals surface area contributed by atoms with Crippen LogP contribution in [0, 0.1) is 0 Å². The maximum absolute atomic E-state index is 10.7. The van der Waals surface area contributed by atoms with Crippen LogP contribution in [0.5, 0.6) is 0 Å². The summed E-state index contributed by atoms with van der Waals surface area (Å²) in [7, 11) is 0. The molecule has 1 N–H and O–H groups in total. The fourth-order valence-electron chi connectivity index (χ4n) is 1.46. The van der Waals surface area contributed by atoms with Crippen molar-refractivity contribution in [1.29, 1.82) is 0 Å². The van der Waals surface area contributed by atoms with Gasteiger partial charge in [-0.1, -0.05) is 0 Å². The first-order valence-electron chi connectivity index (χ1n) is 4.99. The Balaban J connectivity index is 2.14. The van der Waals surface area contributed by atoms with Crippen LogP contribution in [0.4, 0.5) is 0 Å². The van der Waals surface area contributed by atoms with E-state index in [1.54, 1.807) is 12.1 Å². The predicted molar refractivity (Wildman–Crippen MR) is 59.1 cm³/mol. The van der Waals surface area contributed by atoms with Crippen molar-refractivity contribution in [3.63, 3.8) is 0 Å². The molecule has 0 fully saturated rings. The van der Waals surface area contributed by atoms with Crippen molar-refractivity contribution in [2.24, 2.45) is 0 Å². The molecule has 77 valence electrons. The van der Waals surface area contributed by atoms with Crippen LogP contribution in [-0.4, -0.2) is 11.1 Å². The van der Waals surface area contributed by atoms with Gasteiger partial charge in [0.2, 0.25) is 0 Å². The molecular formula is C13H10O2Y. The normalized spacial score (nSPS) is 9.50. The molecular weight excluding hydrogens is 277 g/mol. The summed E-state index contributed by atoms with van der Waals surface area (Å²) in [5.41, 5.74) is 0.361. The van der Waals surface area contributed by atoms with E-state index in [2.05, 4.69) is 12.1 Å². The number of rotatable bonds is 3. The van der Waals surface area contributed by atoms with Gasteiger partial charge in [0, 0.05) is 0 Å². The molecule has 2 rings (SSSR count). The number of carbonyl (C=O) groups is 1. The van der Waals surface area contributed by atoms with Crippen molar-refractivity contribution in [3.8, 4) is 0 Å². The van der Waals surface area contributed by atoms with Crippen LogP contribution < -0.4 is 4.75 Å². The van der Waals surface area contributed by atoms with Gasteiger partial charge in [0.15, 0.2) is 0 Å². The Bertz CT molecular complexity index is 477. The molecule has 16 heavy (non-hydrogen) atoms. The van der Waals surface area contributed by atoms with E-state index in [0.29, 0.717) is 5.56 Å². The van der Waals surface area contributed by atoms with E-state index in [1.165, 1.54) is 4.75 Å². The van der Waals surface area contributed by atoms with Crippen LogP contribution in [0.25, 0.3) is 0 Å². The number of hydrogen-bond donors (Lipinski definition) is 1. The molecule has 0 bridgehead atoms. The molecule has 0 aromatic heterocycles. The van der Waals surface area contributed by atoms with Gasteiger partial charge in [0.05, 0.1) is 0 Å². The average molecular weight is 287 g/mol. The first-order chi connectivity index (χ1) is 7.75. The van der Waals surface area contributed by atoms with Crippen molar-refractivity contribution in [2.75, 3.05) is 0 Å².